The lowest BCUT2D eigenvalue weighted by Gasteiger charge is -2.31. The van der Waals surface area contributed by atoms with Crippen LogP contribution in [0.15, 0.2) is 24.3 Å². The number of rotatable bonds is 3. The summed E-state index contributed by atoms with van der Waals surface area (Å²) in [5, 5.41) is 0. The Kier molecular flexibility index (Phi) is 3.79. The van der Waals surface area contributed by atoms with Gasteiger partial charge < -0.3 is 4.74 Å². The summed E-state index contributed by atoms with van der Waals surface area (Å²) in [4.78, 5) is 14.0. The number of ketones is 1. The number of hydrogen-bond donors (Lipinski definition) is 0. The Morgan fingerprint density at radius 3 is 2.65 bits per heavy atom. The SMILES string of the molecule is COc1ccc(CC2C(=O)CCCN2C)cc1. The first-order chi connectivity index (χ1) is 8.20. The largest absolute Gasteiger partial charge is 0.497 e. The molecule has 17 heavy (non-hydrogen) atoms. The Labute approximate surface area is 102 Å². The van der Waals surface area contributed by atoms with Crippen LogP contribution in [0, 0.1) is 0 Å². The fourth-order valence-corrected chi connectivity index (χ4v) is 2.33. The van der Waals surface area contributed by atoms with Gasteiger partial charge in [0, 0.05) is 6.42 Å². The maximum atomic E-state index is 11.9. The molecule has 0 aromatic heterocycles. The lowest BCUT2D eigenvalue weighted by molar-refractivity contribution is -0.126. The second kappa shape index (κ2) is 5.32. The van der Waals surface area contributed by atoms with Crippen molar-refractivity contribution in [3.05, 3.63) is 29.8 Å². The summed E-state index contributed by atoms with van der Waals surface area (Å²) in [5.41, 5.74) is 1.19. The Balaban J connectivity index is 2.05. The van der Waals surface area contributed by atoms with Crippen LogP contribution in [0.25, 0.3) is 0 Å². The van der Waals surface area contributed by atoms with Gasteiger partial charge in [0.15, 0.2) is 0 Å². The van der Waals surface area contributed by atoms with Gasteiger partial charge in [-0.2, -0.15) is 0 Å². The first-order valence-corrected chi connectivity index (χ1v) is 6.06. The molecule has 1 saturated heterocycles. The molecule has 0 N–H and O–H groups in total. The zero-order valence-electron chi connectivity index (χ0n) is 10.5. The Bertz CT molecular complexity index is 386. The number of carbonyl (C=O) groups excluding carboxylic acids is 1. The van der Waals surface area contributed by atoms with Gasteiger partial charge in [0.05, 0.1) is 13.2 Å². The number of Topliss-reactive ketones (excluding diaryl/α,β-unsaturated/α-hetero) is 1. The van der Waals surface area contributed by atoms with Crippen molar-refractivity contribution < 1.29 is 9.53 Å². The number of piperidine rings is 1. The predicted octanol–water partition coefficient (Wildman–Crippen LogP) is 1.90. The van der Waals surface area contributed by atoms with Gasteiger partial charge in [-0.05, 0) is 44.1 Å². The molecule has 1 unspecified atom stereocenters. The Morgan fingerprint density at radius 2 is 2.06 bits per heavy atom. The highest BCUT2D eigenvalue weighted by Crippen LogP contribution is 2.18. The molecule has 0 bridgehead atoms. The fourth-order valence-electron chi connectivity index (χ4n) is 2.33. The van der Waals surface area contributed by atoms with Crippen molar-refractivity contribution >= 4 is 5.78 Å². The molecule has 0 saturated carbocycles. The molecule has 3 nitrogen and oxygen atoms in total. The van der Waals surface area contributed by atoms with Gasteiger partial charge in [0.25, 0.3) is 0 Å². The number of carbonyl (C=O) groups is 1. The third kappa shape index (κ3) is 2.86. The first-order valence-electron chi connectivity index (χ1n) is 6.06. The molecule has 1 aromatic rings. The third-order valence-electron chi connectivity index (χ3n) is 3.43. The van der Waals surface area contributed by atoms with E-state index in [0.29, 0.717) is 5.78 Å². The zero-order chi connectivity index (χ0) is 12.3. The van der Waals surface area contributed by atoms with Crippen LogP contribution >= 0.6 is 0 Å². The molecular weight excluding hydrogens is 214 g/mol. The highest BCUT2D eigenvalue weighted by atomic mass is 16.5. The van der Waals surface area contributed by atoms with E-state index in [9.17, 15) is 4.79 Å². The number of nitrogens with zero attached hydrogens (tertiary/aromatic N) is 1. The highest BCUT2D eigenvalue weighted by Gasteiger charge is 2.26. The average Bonchev–Trinajstić information content (AvgIpc) is 2.35. The molecule has 1 fully saturated rings. The second-order valence-corrected chi connectivity index (χ2v) is 4.62. The Morgan fingerprint density at radius 1 is 1.35 bits per heavy atom. The highest BCUT2D eigenvalue weighted by molar-refractivity contribution is 5.85. The number of hydrogen-bond acceptors (Lipinski definition) is 3. The van der Waals surface area contributed by atoms with Gasteiger partial charge in [-0.15, -0.1) is 0 Å². The van der Waals surface area contributed by atoms with Crippen molar-refractivity contribution in [3.8, 4) is 5.75 Å². The molecule has 0 radical (unpaired) electrons. The van der Waals surface area contributed by atoms with Crippen molar-refractivity contribution in [1.82, 2.24) is 4.90 Å². The van der Waals surface area contributed by atoms with E-state index in [2.05, 4.69) is 4.90 Å². The standard InChI is InChI=1S/C14H19NO2/c1-15-9-3-4-14(16)13(15)10-11-5-7-12(17-2)8-6-11/h5-8,13H,3-4,9-10H2,1-2H3. The number of ether oxygens (including phenoxy) is 1. The normalized spacial score (nSPS) is 21.5. The summed E-state index contributed by atoms with van der Waals surface area (Å²) in [6.07, 6.45) is 2.53. The van der Waals surface area contributed by atoms with E-state index in [-0.39, 0.29) is 6.04 Å². The van der Waals surface area contributed by atoms with E-state index >= 15 is 0 Å². The molecule has 1 aliphatic rings. The van der Waals surface area contributed by atoms with E-state index < -0.39 is 0 Å². The number of likely N-dealkylation sites (N-methyl/N-ethyl adjacent to an activating group) is 1. The van der Waals surface area contributed by atoms with Gasteiger partial charge in [-0.3, -0.25) is 9.69 Å². The van der Waals surface area contributed by atoms with Crippen molar-refractivity contribution in [2.45, 2.75) is 25.3 Å². The fraction of sp³-hybridized carbons (Fsp3) is 0.500. The smallest absolute Gasteiger partial charge is 0.150 e. The first kappa shape index (κ1) is 12.1. The quantitative estimate of drug-likeness (QED) is 0.798. The van der Waals surface area contributed by atoms with Gasteiger partial charge in [-0.1, -0.05) is 12.1 Å². The third-order valence-corrected chi connectivity index (χ3v) is 3.43. The summed E-state index contributed by atoms with van der Waals surface area (Å²) < 4.78 is 5.12. The lowest BCUT2D eigenvalue weighted by Crippen LogP contribution is -2.44. The topological polar surface area (TPSA) is 29.5 Å². The average molecular weight is 233 g/mol. The van der Waals surface area contributed by atoms with Gasteiger partial charge in [-0.25, -0.2) is 0 Å². The predicted molar refractivity (Wildman–Crippen MR) is 67.4 cm³/mol. The van der Waals surface area contributed by atoms with E-state index in [1.165, 1.54) is 5.56 Å². The van der Waals surface area contributed by atoms with Gasteiger partial charge in [0.1, 0.15) is 11.5 Å². The van der Waals surface area contributed by atoms with E-state index in [1.807, 2.05) is 31.3 Å². The van der Waals surface area contributed by atoms with Crippen LogP contribution in [0.3, 0.4) is 0 Å². The van der Waals surface area contributed by atoms with Crippen LogP contribution in [-0.2, 0) is 11.2 Å². The van der Waals surface area contributed by atoms with E-state index in [0.717, 1.165) is 31.6 Å². The number of methoxy groups -OCH3 is 1. The maximum Gasteiger partial charge on any atom is 0.150 e. The Hall–Kier alpha value is -1.35. The van der Waals surface area contributed by atoms with Crippen molar-refractivity contribution in [2.24, 2.45) is 0 Å². The summed E-state index contributed by atoms with van der Waals surface area (Å²) in [5.74, 6) is 1.23. The van der Waals surface area contributed by atoms with Crippen molar-refractivity contribution in [2.75, 3.05) is 20.7 Å². The summed E-state index contributed by atoms with van der Waals surface area (Å²) in [7, 11) is 3.69. The molecule has 0 aliphatic carbocycles. The summed E-state index contributed by atoms with van der Waals surface area (Å²) >= 11 is 0. The molecule has 0 spiro atoms. The van der Waals surface area contributed by atoms with E-state index in [1.54, 1.807) is 7.11 Å². The minimum absolute atomic E-state index is 0.0529. The molecule has 1 atom stereocenters. The zero-order valence-corrected chi connectivity index (χ0v) is 10.5. The van der Waals surface area contributed by atoms with Crippen LogP contribution in [0.5, 0.6) is 5.75 Å². The van der Waals surface area contributed by atoms with Crippen LogP contribution in [-0.4, -0.2) is 37.4 Å². The van der Waals surface area contributed by atoms with Crippen LogP contribution in [0.4, 0.5) is 0 Å². The molecular formula is C14H19NO2. The molecule has 1 aromatic carbocycles. The minimum atomic E-state index is 0.0529. The number of likely N-dealkylation sites (tertiary alicyclic amines) is 1. The van der Waals surface area contributed by atoms with Crippen LogP contribution < -0.4 is 4.74 Å². The molecule has 3 heteroatoms. The van der Waals surface area contributed by atoms with Crippen LogP contribution in [0.2, 0.25) is 0 Å². The molecule has 1 aliphatic heterocycles. The van der Waals surface area contributed by atoms with Gasteiger partial charge in [0.2, 0.25) is 0 Å². The minimum Gasteiger partial charge on any atom is -0.497 e. The lowest BCUT2D eigenvalue weighted by atomic mass is 9.95. The summed E-state index contributed by atoms with van der Waals surface area (Å²) in [6, 6.07) is 8.02. The molecule has 2 rings (SSSR count). The summed E-state index contributed by atoms with van der Waals surface area (Å²) in [6.45, 7) is 1.02. The van der Waals surface area contributed by atoms with Crippen LogP contribution in [0.1, 0.15) is 18.4 Å². The van der Waals surface area contributed by atoms with Crippen molar-refractivity contribution in [1.29, 1.82) is 0 Å². The number of benzene rings is 1. The van der Waals surface area contributed by atoms with Crippen molar-refractivity contribution in [3.63, 3.8) is 0 Å². The van der Waals surface area contributed by atoms with Gasteiger partial charge >= 0.3 is 0 Å². The second-order valence-electron chi connectivity index (χ2n) is 4.62. The molecule has 0 amide bonds. The molecule has 92 valence electrons. The monoisotopic (exact) mass is 233 g/mol. The maximum absolute atomic E-state index is 11.9. The van der Waals surface area contributed by atoms with E-state index in [4.69, 9.17) is 4.74 Å². The molecule has 1 heterocycles.